The molecule has 2 heterocycles. The molecule has 33 heavy (non-hydrogen) atoms. The number of benzene rings is 1. The number of fused-ring (bicyclic) bond motifs is 1. The van der Waals surface area contributed by atoms with E-state index in [1.807, 2.05) is 29.7 Å². The number of hydrogen-bond acceptors (Lipinski definition) is 7. The third-order valence-corrected chi connectivity index (χ3v) is 8.15. The number of amides is 2. The molecule has 0 N–H and O–H groups in total. The number of ether oxygens (including phenoxy) is 2. The van der Waals surface area contributed by atoms with Crippen molar-refractivity contribution in [3.63, 3.8) is 0 Å². The van der Waals surface area contributed by atoms with Crippen LogP contribution in [0.15, 0.2) is 23.2 Å². The van der Waals surface area contributed by atoms with Crippen molar-refractivity contribution in [1.82, 2.24) is 9.47 Å². The Bertz CT molecular complexity index is 1170. The minimum absolute atomic E-state index is 0.0668. The molecular weight excluding hydrogens is 466 g/mol. The summed E-state index contributed by atoms with van der Waals surface area (Å²) < 4.78 is 38.3. The molecule has 2 aromatic rings. The SMILES string of the molecule is CCC1CCCCN1C(=O)CS(=O)(=O)CC(=O)N=c1sc2cc(OC)ccc2n1CCOC. The predicted octanol–water partition coefficient (Wildman–Crippen LogP) is 1.99. The van der Waals surface area contributed by atoms with E-state index >= 15 is 0 Å². The smallest absolute Gasteiger partial charge is 0.263 e. The number of piperidine rings is 1. The molecule has 1 fully saturated rings. The first-order valence-corrected chi connectivity index (χ1v) is 13.7. The normalized spacial score (nSPS) is 17.5. The van der Waals surface area contributed by atoms with Crippen LogP contribution in [0.4, 0.5) is 0 Å². The van der Waals surface area contributed by atoms with E-state index in [2.05, 4.69) is 4.99 Å². The van der Waals surface area contributed by atoms with Gasteiger partial charge in [-0.15, -0.1) is 0 Å². The number of rotatable bonds is 9. The van der Waals surface area contributed by atoms with E-state index in [4.69, 9.17) is 9.47 Å². The summed E-state index contributed by atoms with van der Waals surface area (Å²) in [5, 5.41) is 0. The standard InChI is InChI=1S/C22H31N3O6S2/c1-4-16-7-5-6-10-24(16)21(27)15-33(28,29)14-20(26)23-22-25(11-12-30-2)18-9-8-17(31-3)13-19(18)32-22/h8-9,13,16H,4-7,10-12,14-15H2,1-3H3. The van der Waals surface area contributed by atoms with Gasteiger partial charge in [-0.05, 0) is 43.9 Å². The highest BCUT2D eigenvalue weighted by Gasteiger charge is 2.29. The summed E-state index contributed by atoms with van der Waals surface area (Å²) in [6.45, 7) is 3.41. The first-order chi connectivity index (χ1) is 15.8. The molecule has 1 unspecified atom stereocenters. The number of nitrogens with zero attached hydrogens (tertiary/aromatic N) is 3. The molecule has 1 atom stereocenters. The first kappa shape index (κ1) is 25.4. The molecule has 0 radical (unpaired) electrons. The maximum absolute atomic E-state index is 12.7. The highest BCUT2D eigenvalue weighted by atomic mass is 32.2. The topological polar surface area (TPSA) is 107 Å². The van der Waals surface area contributed by atoms with Crippen molar-refractivity contribution in [1.29, 1.82) is 0 Å². The van der Waals surface area contributed by atoms with Crippen LogP contribution >= 0.6 is 11.3 Å². The van der Waals surface area contributed by atoms with Crippen LogP contribution in [0.2, 0.25) is 0 Å². The number of aromatic nitrogens is 1. The molecule has 1 aromatic heterocycles. The number of carbonyl (C=O) groups excluding carboxylic acids is 2. The van der Waals surface area contributed by atoms with Crippen LogP contribution in [-0.2, 0) is 30.7 Å². The molecule has 182 valence electrons. The summed E-state index contributed by atoms with van der Waals surface area (Å²) in [6.07, 6.45) is 3.58. The number of hydrogen-bond donors (Lipinski definition) is 0. The molecule has 1 saturated heterocycles. The van der Waals surface area contributed by atoms with Gasteiger partial charge < -0.3 is 18.9 Å². The van der Waals surface area contributed by atoms with Crippen molar-refractivity contribution in [3.8, 4) is 5.75 Å². The average molecular weight is 498 g/mol. The molecule has 0 saturated carbocycles. The first-order valence-electron chi connectivity index (χ1n) is 11.0. The minimum atomic E-state index is -3.94. The Kier molecular flexibility index (Phi) is 8.66. The van der Waals surface area contributed by atoms with Crippen LogP contribution in [-0.4, -0.2) is 74.6 Å². The fourth-order valence-corrected chi connectivity index (χ4v) is 6.25. The van der Waals surface area contributed by atoms with Gasteiger partial charge in [0.1, 0.15) is 17.3 Å². The molecule has 3 rings (SSSR count). The molecule has 2 amide bonds. The lowest BCUT2D eigenvalue weighted by atomic mass is 10.0. The van der Waals surface area contributed by atoms with Crippen molar-refractivity contribution < 1.29 is 27.5 Å². The van der Waals surface area contributed by atoms with Crippen molar-refractivity contribution in [2.75, 3.05) is 38.9 Å². The van der Waals surface area contributed by atoms with Gasteiger partial charge >= 0.3 is 0 Å². The number of thiazole rings is 1. The van der Waals surface area contributed by atoms with E-state index in [9.17, 15) is 18.0 Å². The van der Waals surface area contributed by atoms with Crippen molar-refractivity contribution in [3.05, 3.63) is 23.0 Å². The Morgan fingerprint density at radius 2 is 2.00 bits per heavy atom. The summed E-state index contributed by atoms with van der Waals surface area (Å²) in [6, 6.07) is 5.58. The van der Waals surface area contributed by atoms with Crippen LogP contribution in [0.1, 0.15) is 32.6 Å². The Morgan fingerprint density at radius 3 is 2.70 bits per heavy atom. The van der Waals surface area contributed by atoms with Crippen LogP contribution < -0.4 is 9.54 Å². The highest BCUT2D eigenvalue weighted by Crippen LogP contribution is 2.23. The van der Waals surface area contributed by atoms with Crippen molar-refractivity contribution in [2.24, 2.45) is 4.99 Å². The summed E-state index contributed by atoms with van der Waals surface area (Å²) >= 11 is 1.27. The molecule has 0 bridgehead atoms. The van der Waals surface area contributed by atoms with Crippen LogP contribution in [0.25, 0.3) is 10.2 Å². The molecule has 1 aromatic carbocycles. The molecule has 11 heteroatoms. The lowest BCUT2D eigenvalue weighted by Crippen LogP contribution is -2.46. The van der Waals surface area contributed by atoms with Crippen LogP contribution in [0, 0.1) is 0 Å². The van der Waals surface area contributed by atoms with Gasteiger partial charge in [-0.1, -0.05) is 18.3 Å². The Labute approximate surface area is 197 Å². The lowest BCUT2D eigenvalue weighted by molar-refractivity contribution is -0.132. The molecule has 9 nitrogen and oxygen atoms in total. The Morgan fingerprint density at radius 1 is 1.21 bits per heavy atom. The van der Waals surface area contributed by atoms with Gasteiger partial charge in [0.25, 0.3) is 5.91 Å². The fourth-order valence-electron chi connectivity index (χ4n) is 4.07. The zero-order valence-electron chi connectivity index (χ0n) is 19.3. The number of carbonyl (C=O) groups is 2. The quantitative estimate of drug-likeness (QED) is 0.524. The van der Waals surface area contributed by atoms with Crippen LogP contribution in [0.3, 0.4) is 0 Å². The Balaban J connectivity index is 1.80. The Hall–Kier alpha value is -2.24. The van der Waals surface area contributed by atoms with Crippen molar-refractivity contribution in [2.45, 2.75) is 45.2 Å². The number of methoxy groups -OCH3 is 2. The largest absolute Gasteiger partial charge is 0.497 e. The van der Waals surface area contributed by atoms with E-state index in [0.29, 0.717) is 30.2 Å². The minimum Gasteiger partial charge on any atom is -0.497 e. The lowest BCUT2D eigenvalue weighted by Gasteiger charge is -2.35. The predicted molar refractivity (Wildman–Crippen MR) is 127 cm³/mol. The fraction of sp³-hybridized carbons (Fsp3) is 0.591. The molecule has 0 aliphatic carbocycles. The van der Waals surface area contributed by atoms with E-state index < -0.39 is 33.2 Å². The zero-order chi connectivity index (χ0) is 24.0. The van der Waals surface area contributed by atoms with Gasteiger partial charge in [-0.3, -0.25) is 9.59 Å². The van der Waals surface area contributed by atoms with Gasteiger partial charge in [0.15, 0.2) is 14.6 Å². The zero-order valence-corrected chi connectivity index (χ0v) is 20.9. The monoisotopic (exact) mass is 497 g/mol. The third-order valence-electron chi connectivity index (χ3n) is 5.73. The molecule has 1 aliphatic rings. The van der Waals surface area contributed by atoms with Gasteiger partial charge in [0.2, 0.25) is 5.91 Å². The maximum Gasteiger partial charge on any atom is 0.263 e. The van der Waals surface area contributed by atoms with Crippen LogP contribution in [0.5, 0.6) is 5.75 Å². The van der Waals surface area contributed by atoms with Gasteiger partial charge in [-0.2, -0.15) is 4.99 Å². The highest BCUT2D eigenvalue weighted by molar-refractivity contribution is 7.92. The van der Waals surface area contributed by atoms with Gasteiger partial charge in [0, 0.05) is 26.2 Å². The second-order valence-electron chi connectivity index (χ2n) is 8.05. The third kappa shape index (κ3) is 6.42. The molecule has 0 spiro atoms. The summed E-state index contributed by atoms with van der Waals surface area (Å²) in [4.78, 5) is 31.4. The van der Waals surface area contributed by atoms with E-state index in [-0.39, 0.29) is 6.04 Å². The van der Waals surface area contributed by atoms with E-state index in [1.165, 1.54) is 11.3 Å². The maximum atomic E-state index is 12.7. The number of likely N-dealkylation sites (tertiary alicyclic amines) is 1. The molecule has 1 aliphatic heterocycles. The van der Waals surface area contributed by atoms with Crippen molar-refractivity contribution >= 4 is 43.2 Å². The average Bonchev–Trinajstić information content (AvgIpc) is 3.12. The van der Waals surface area contributed by atoms with E-state index in [0.717, 1.165) is 35.9 Å². The molecular formula is C22H31N3O6S2. The summed E-state index contributed by atoms with van der Waals surface area (Å²) in [7, 11) is -0.786. The number of sulfone groups is 1. The second-order valence-corrected chi connectivity index (χ2v) is 11.1. The summed E-state index contributed by atoms with van der Waals surface area (Å²) in [5.41, 5.74) is 0.846. The van der Waals surface area contributed by atoms with E-state index in [1.54, 1.807) is 19.1 Å². The second kappa shape index (κ2) is 11.3. The summed E-state index contributed by atoms with van der Waals surface area (Å²) in [5.74, 6) is -2.02. The van der Waals surface area contributed by atoms with Gasteiger partial charge in [0.05, 0.1) is 23.9 Å². The van der Waals surface area contributed by atoms with Gasteiger partial charge in [-0.25, -0.2) is 8.42 Å².